The van der Waals surface area contributed by atoms with E-state index < -0.39 is 17.8 Å². The summed E-state index contributed by atoms with van der Waals surface area (Å²) in [6.45, 7) is 3.51. The molecular weight excluding hydrogens is 487 g/mol. The number of hydrogen-bond acceptors (Lipinski definition) is 6. The Labute approximate surface area is 210 Å². The molecule has 2 amide bonds. The first-order valence-corrected chi connectivity index (χ1v) is 11.2. The van der Waals surface area contributed by atoms with Crippen LogP contribution in [0.3, 0.4) is 0 Å². The first-order valence-electron chi connectivity index (χ1n) is 11.2. The molecule has 0 fully saturated rings. The van der Waals surface area contributed by atoms with E-state index in [2.05, 4.69) is 30.9 Å². The van der Waals surface area contributed by atoms with Crippen LogP contribution in [0.25, 0.3) is 0 Å². The SMILES string of the molecule is CNc1nccc(Oc2ccc(NC(=O)Nc3ccc(Cn4cc(C)nc4C)c(C(F)(F)F)c3)cc2)n1. The number of benzene rings is 2. The number of aryl methyl sites for hydroxylation is 2. The molecule has 4 rings (SSSR count). The molecule has 2 aromatic heterocycles. The van der Waals surface area contributed by atoms with Crippen molar-refractivity contribution in [2.75, 3.05) is 23.0 Å². The van der Waals surface area contributed by atoms with Crippen LogP contribution in [0.4, 0.5) is 35.3 Å². The zero-order chi connectivity index (χ0) is 26.6. The van der Waals surface area contributed by atoms with E-state index in [0.29, 0.717) is 29.1 Å². The number of nitrogens with zero attached hydrogens (tertiary/aromatic N) is 4. The fourth-order valence-corrected chi connectivity index (χ4v) is 3.61. The normalized spacial score (nSPS) is 11.2. The van der Waals surface area contributed by atoms with Crippen LogP contribution in [0.5, 0.6) is 11.6 Å². The highest BCUT2D eigenvalue weighted by Crippen LogP contribution is 2.34. The van der Waals surface area contributed by atoms with Crippen LogP contribution in [-0.4, -0.2) is 32.6 Å². The van der Waals surface area contributed by atoms with Gasteiger partial charge in [0, 0.05) is 43.4 Å². The van der Waals surface area contributed by atoms with Gasteiger partial charge in [-0.25, -0.2) is 14.8 Å². The predicted octanol–water partition coefficient (Wildman–Crippen LogP) is 5.84. The molecule has 0 aliphatic rings. The van der Waals surface area contributed by atoms with Gasteiger partial charge in [-0.2, -0.15) is 18.2 Å². The number of carbonyl (C=O) groups is 1. The summed E-state index contributed by atoms with van der Waals surface area (Å²) < 4.78 is 48.6. The van der Waals surface area contributed by atoms with E-state index in [1.807, 2.05) is 0 Å². The third-order valence-corrected chi connectivity index (χ3v) is 5.30. The zero-order valence-electron chi connectivity index (χ0n) is 20.2. The first kappa shape index (κ1) is 25.5. The monoisotopic (exact) mass is 511 g/mol. The van der Waals surface area contributed by atoms with E-state index in [0.717, 1.165) is 11.8 Å². The number of alkyl halides is 3. The maximum Gasteiger partial charge on any atom is 0.416 e. The molecule has 0 aliphatic heterocycles. The Morgan fingerprint density at radius 3 is 2.35 bits per heavy atom. The molecule has 0 saturated heterocycles. The summed E-state index contributed by atoms with van der Waals surface area (Å²) >= 11 is 0. The first-order chi connectivity index (χ1) is 17.6. The number of ether oxygens (including phenoxy) is 1. The van der Waals surface area contributed by atoms with Crippen molar-refractivity contribution in [1.29, 1.82) is 0 Å². The second kappa shape index (κ2) is 10.6. The molecule has 4 aromatic rings. The van der Waals surface area contributed by atoms with Gasteiger partial charge in [-0.3, -0.25) is 0 Å². The Morgan fingerprint density at radius 1 is 1.00 bits per heavy atom. The average Bonchev–Trinajstić information content (AvgIpc) is 3.17. The third kappa shape index (κ3) is 6.54. The summed E-state index contributed by atoms with van der Waals surface area (Å²) in [4.78, 5) is 24.8. The van der Waals surface area contributed by atoms with Crippen molar-refractivity contribution in [3.8, 4) is 11.6 Å². The van der Waals surface area contributed by atoms with E-state index in [1.165, 1.54) is 12.1 Å². The lowest BCUT2D eigenvalue weighted by Gasteiger charge is -2.16. The Kier molecular flexibility index (Phi) is 7.27. The van der Waals surface area contributed by atoms with Gasteiger partial charge in [0.25, 0.3) is 0 Å². The van der Waals surface area contributed by atoms with Crippen molar-refractivity contribution in [3.05, 3.63) is 83.6 Å². The summed E-state index contributed by atoms with van der Waals surface area (Å²) in [5.74, 6) is 1.82. The minimum absolute atomic E-state index is 0.00763. The van der Waals surface area contributed by atoms with E-state index in [-0.39, 0.29) is 17.8 Å². The molecule has 0 spiro atoms. The van der Waals surface area contributed by atoms with Gasteiger partial charge in [0.15, 0.2) is 0 Å². The maximum absolute atomic E-state index is 13.8. The standard InChI is InChI=1S/C25H24F3N7O2/c1-15-13-35(16(2)31-15)14-17-4-5-19(12-21(17)25(26,27)28)33-24(36)32-18-6-8-20(9-7-18)37-22-10-11-30-23(29-3)34-22/h4-13H,14H2,1-3H3,(H,29,30,34)(H2,32,33,36). The van der Waals surface area contributed by atoms with Crippen LogP contribution >= 0.6 is 0 Å². The molecule has 3 N–H and O–H groups in total. The van der Waals surface area contributed by atoms with Crippen molar-refractivity contribution in [2.24, 2.45) is 0 Å². The molecule has 0 radical (unpaired) electrons. The fraction of sp³-hybridized carbons (Fsp3) is 0.200. The van der Waals surface area contributed by atoms with Crippen molar-refractivity contribution in [1.82, 2.24) is 19.5 Å². The third-order valence-electron chi connectivity index (χ3n) is 5.30. The molecule has 192 valence electrons. The lowest BCUT2D eigenvalue weighted by molar-refractivity contribution is -0.138. The number of halogens is 3. The van der Waals surface area contributed by atoms with Crippen molar-refractivity contribution in [3.63, 3.8) is 0 Å². The highest BCUT2D eigenvalue weighted by atomic mass is 19.4. The van der Waals surface area contributed by atoms with Crippen molar-refractivity contribution >= 4 is 23.4 Å². The molecule has 12 heteroatoms. The number of rotatable bonds is 7. The molecule has 9 nitrogen and oxygen atoms in total. The lowest BCUT2D eigenvalue weighted by atomic mass is 10.1. The van der Waals surface area contributed by atoms with Crippen molar-refractivity contribution in [2.45, 2.75) is 26.6 Å². The lowest BCUT2D eigenvalue weighted by Crippen LogP contribution is -2.20. The topological polar surface area (TPSA) is 106 Å². The van der Waals surface area contributed by atoms with Gasteiger partial charge < -0.3 is 25.3 Å². The molecule has 0 atom stereocenters. The van der Waals surface area contributed by atoms with Gasteiger partial charge in [-0.1, -0.05) is 6.07 Å². The Morgan fingerprint density at radius 2 is 1.70 bits per heavy atom. The van der Waals surface area contributed by atoms with Crippen LogP contribution in [0, 0.1) is 13.8 Å². The maximum atomic E-state index is 13.8. The molecule has 0 bridgehead atoms. The average molecular weight is 512 g/mol. The fourth-order valence-electron chi connectivity index (χ4n) is 3.61. The summed E-state index contributed by atoms with van der Waals surface area (Å²) in [5.41, 5.74) is 0.389. The molecule has 0 aliphatic carbocycles. The largest absolute Gasteiger partial charge is 0.439 e. The van der Waals surface area contributed by atoms with E-state index in [1.54, 1.807) is 68.2 Å². The second-order valence-electron chi connectivity index (χ2n) is 8.10. The zero-order valence-corrected chi connectivity index (χ0v) is 20.2. The summed E-state index contributed by atoms with van der Waals surface area (Å²) in [7, 11) is 1.69. The van der Waals surface area contributed by atoms with Crippen LogP contribution in [-0.2, 0) is 12.7 Å². The number of nitrogens with one attached hydrogen (secondary N) is 3. The molecule has 37 heavy (non-hydrogen) atoms. The minimum atomic E-state index is -4.60. The minimum Gasteiger partial charge on any atom is -0.439 e. The molecule has 0 saturated carbocycles. The highest BCUT2D eigenvalue weighted by Gasteiger charge is 2.34. The molecule has 0 unspecified atom stereocenters. The Hall–Kier alpha value is -4.61. The quantitative estimate of drug-likeness (QED) is 0.288. The van der Waals surface area contributed by atoms with Gasteiger partial charge >= 0.3 is 12.2 Å². The van der Waals surface area contributed by atoms with E-state index >= 15 is 0 Å². The smallest absolute Gasteiger partial charge is 0.416 e. The van der Waals surface area contributed by atoms with Gasteiger partial charge in [0.1, 0.15) is 11.6 Å². The van der Waals surface area contributed by atoms with Gasteiger partial charge in [-0.05, 0) is 55.8 Å². The predicted molar refractivity (Wildman–Crippen MR) is 133 cm³/mol. The van der Waals surface area contributed by atoms with Crippen molar-refractivity contribution < 1.29 is 22.7 Å². The van der Waals surface area contributed by atoms with E-state index in [9.17, 15) is 18.0 Å². The van der Waals surface area contributed by atoms with E-state index in [4.69, 9.17) is 4.74 Å². The number of urea groups is 1. The second-order valence-corrected chi connectivity index (χ2v) is 8.10. The Bertz CT molecular complexity index is 1400. The number of aromatic nitrogens is 4. The van der Waals surface area contributed by atoms with Crippen LogP contribution in [0.15, 0.2) is 60.9 Å². The molecule has 2 aromatic carbocycles. The summed E-state index contributed by atoms with van der Waals surface area (Å²) in [5, 5.41) is 7.85. The highest BCUT2D eigenvalue weighted by molar-refractivity contribution is 5.99. The van der Waals surface area contributed by atoms with Gasteiger partial charge in [0.05, 0.1) is 11.3 Å². The number of carbonyl (C=O) groups excluding carboxylic acids is 1. The number of hydrogen-bond donors (Lipinski definition) is 3. The van der Waals surface area contributed by atoms with Crippen LogP contribution < -0.4 is 20.7 Å². The number of imidazole rings is 1. The van der Waals surface area contributed by atoms with Crippen LogP contribution in [0.1, 0.15) is 22.6 Å². The molecular formula is C25H24F3N7O2. The van der Waals surface area contributed by atoms with Gasteiger partial charge in [-0.15, -0.1) is 0 Å². The Balaban J connectivity index is 1.42. The molecule has 2 heterocycles. The number of amides is 2. The van der Waals surface area contributed by atoms with Gasteiger partial charge in [0.2, 0.25) is 11.8 Å². The number of anilines is 3. The summed E-state index contributed by atoms with van der Waals surface area (Å²) in [6.07, 6.45) is -1.36. The summed E-state index contributed by atoms with van der Waals surface area (Å²) in [6, 6.07) is 11.0. The van der Waals surface area contributed by atoms with Crippen LogP contribution in [0.2, 0.25) is 0 Å².